The summed E-state index contributed by atoms with van der Waals surface area (Å²) in [6.07, 6.45) is 4.86. The van der Waals surface area contributed by atoms with Crippen molar-refractivity contribution in [1.82, 2.24) is 19.7 Å². The van der Waals surface area contributed by atoms with Gasteiger partial charge in [-0.05, 0) is 47.2 Å². The highest BCUT2D eigenvalue weighted by Gasteiger charge is 2.06. The first kappa shape index (κ1) is 15.0. The molecule has 0 bridgehead atoms. The molecule has 2 aromatic heterocycles. The summed E-state index contributed by atoms with van der Waals surface area (Å²) in [5, 5.41) is 12.0. The topological polar surface area (TPSA) is 67.7 Å². The minimum atomic E-state index is 0.585. The molecule has 0 fully saturated rings. The smallest absolute Gasteiger partial charge is 0.229 e. The molecule has 0 atom stereocenters. The van der Waals surface area contributed by atoms with Crippen LogP contribution in [-0.4, -0.2) is 26.3 Å². The van der Waals surface area contributed by atoms with E-state index in [-0.39, 0.29) is 0 Å². The summed E-state index contributed by atoms with van der Waals surface area (Å²) in [7, 11) is 1.92. The van der Waals surface area contributed by atoms with Gasteiger partial charge < -0.3 is 10.6 Å². The second-order valence-corrected chi connectivity index (χ2v) is 6.18. The van der Waals surface area contributed by atoms with E-state index in [2.05, 4.69) is 55.2 Å². The van der Waals surface area contributed by atoms with Crippen molar-refractivity contribution in [2.75, 3.05) is 17.2 Å². The summed E-state index contributed by atoms with van der Waals surface area (Å²) in [6.45, 7) is 3.03. The average Bonchev–Trinajstić information content (AvgIpc) is 2.87. The van der Waals surface area contributed by atoms with Gasteiger partial charge in [0.25, 0.3) is 0 Å². The summed E-state index contributed by atoms with van der Waals surface area (Å²) in [6, 6.07) is 6.01. The van der Waals surface area contributed by atoms with E-state index in [0.29, 0.717) is 5.95 Å². The Bertz CT molecular complexity index is 798. The normalized spacial score (nSPS) is 10.9. The molecule has 7 heteroatoms. The van der Waals surface area contributed by atoms with Crippen LogP contribution in [0.2, 0.25) is 0 Å². The Morgan fingerprint density at radius 3 is 3.00 bits per heavy atom. The molecule has 3 rings (SSSR count). The molecule has 6 nitrogen and oxygen atoms in total. The number of anilines is 3. The number of aromatic nitrogens is 4. The lowest BCUT2D eigenvalue weighted by atomic mass is 10.2. The molecule has 3 aromatic rings. The number of aryl methyl sites for hydroxylation is 1. The molecular weight excluding hydrogens is 391 g/mol. The first-order valence-electron chi connectivity index (χ1n) is 7.12. The molecule has 0 saturated heterocycles. The number of hydrogen-bond donors (Lipinski definition) is 2. The monoisotopic (exact) mass is 408 g/mol. The Labute approximate surface area is 142 Å². The van der Waals surface area contributed by atoms with Crippen LogP contribution >= 0.6 is 22.6 Å². The molecule has 0 saturated carbocycles. The summed E-state index contributed by atoms with van der Waals surface area (Å²) in [5.74, 6) is 1.45. The molecule has 2 heterocycles. The molecule has 114 valence electrons. The van der Waals surface area contributed by atoms with Gasteiger partial charge in [-0.1, -0.05) is 6.92 Å². The molecule has 0 aliphatic carbocycles. The molecule has 0 aliphatic rings. The van der Waals surface area contributed by atoms with E-state index in [1.807, 2.05) is 42.3 Å². The number of rotatable bonds is 5. The zero-order valence-corrected chi connectivity index (χ0v) is 14.6. The summed E-state index contributed by atoms with van der Waals surface area (Å²) in [5.41, 5.74) is 1.92. The molecule has 22 heavy (non-hydrogen) atoms. The number of halogens is 1. The lowest BCUT2D eigenvalue weighted by Gasteiger charge is -2.09. The minimum absolute atomic E-state index is 0.585. The third kappa shape index (κ3) is 3.29. The van der Waals surface area contributed by atoms with Crippen LogP contribution in [0.25, 0.3) is 10.9 Å². The van der Waals surface area contributed by atoms with Crippen molar-refractivity contribution in [2.24, 2.45) is 7.05 Å². The maximum atomic E-state index is 4.53. The molecule has 1 aromatic carbocycles. The first-order chi connectivity index (χ1) is 10.7. The molecule has 0 unspecified atom stereocenters. The lowest BCUT2D eigenvalue weighted by Crippen LogP contribution is -2.06. The Morgan fingerprint density at radius 1 is 1.32 bits per heavy atom. The van der Waals surface area contributed by atoms with Crippen molar-refractivity contribution in [3.63, 3.8) is 0 Å². The fourth-order valence-corrected chi connectivity index (χ4v) is 2.60. The highest BCUT2D eigenvalue weighted by Crippen LogP contribution is 2.22. The summed E-state index contributed by atoms with van der Waals surface area (Å²) in [4.78, 5) is 8.87. The van der Waals surface area contributed by atoms with E-state index in [9.17, 15) is 0 Å². The molecule has 0 aliphatic heterocycles. The van der Waals surface area contributed by atoms with E-state index < -0.39 is 0 Å². The van der Waals surface area contributed by atoms with Gasteiger partial charge in [-0.3, -0.25) is 4.68 Å². The van der Waals surface area contributed by atoms with Crippen molar-refractivity contribution >= 4 is 50.9 Å². The second kappa shape index (κ2) is 6.47. The first-order valence-corrected chi connectivity index (χ1v) is 8.20. The summed E-state index contributed by atoms with van der Waals surface area (Å²) >= 11 is 2.24. The van der Waals surface area contributed by atoms with E-state index in [0.717, 1.165) is 38.9 Å². The van der Waals surface area contributed by atoms with Gasteiger partial charge in [0, 0.05) is 37.1 Å². The number of fused-ring (bicyclic) bond motifs is 1. The van der Waals surface area contributed by atoms with Crippen molar-refractivity contribution in [3.05, 3.63) is 34.2 Å². The third-order valence-corrected chi connectivity index (χ3v) is 3.95. The van der Waals surface area contributed by atoms with Crippen LogP contribution in [0.5, 0.6) is 0 Å². The SMILES string of the molecule is CCCNc1nc(Nc2ccc3nn(C)cc3c2)ncc1I. The second-order valence-electron chi connectivity index (χ2n) is 5.02. The summed E-state index contributed by atoms with van der Waals surface area (Å²) < 4.78 is 2.82. The number of nitrogens with one attached hydrogen (secondary N) is 2. The van der Waals surface area contributed by atoms with Gasteiger partial charge in [0.15, 0.2) is 0 Å². The largest absolute Gasteiger partial charge is 0.369 e. The van der Waals surface area contributed by atoms with Crippen LogP contribution in [-0.2, 0) is 7.05 Å². The van der Waals surface area contributed by atoms with E-state index >= 15 is 0 Å². The lowest BCUT2D eigenvalue weighted by molar-refractivity contribution is 0.780. The van der Waals surface area contributed by atoms with E-state index in [4.69, 9.17) is 0 Å². The molecule has 0 radical (unpaired) electrons. The molecule has 0 amide bonds. The molecule has 0 spiro atoms. The van der Waals surface area contributed by atoms with Gasteiger partial charge in [0.1, 0.15) is 5.82 Å². The van der Waals surface area contributed by atoms with Crippen molar-refractivity contribution in [3.8, 4) is 0 Å². The van der Waals surface area contributed by atoms with Crippen LogP contribution in [0.15, 0.2) is 30.6 Å². The number of benzene rings is 1. The Morgan fingerprint density at radius 2 is 2.18 bits per heavy atom. The number of nitrogens with zero attached hydrogens (tertiary/aromatic N) is 4. The Kier molecular flexibility index (Phi) is 4.41. The molecular formula is C15H17IN6. The van der Waals surface area contributed by atoms with Crippen LogP contribution in [0.1, 0.15) is 13.3 Å². The Hall–Kier alpha value is -1.90. The third-order valence-electron chi connectivity index (χ3n) is 3.16. The number of hydrogen-bond acceptors (Lipinski definition) is 5. The fraction of sp³-hybridized carbons (Fsp3) is 0.267. The standard InChI is InChI=1S/C15H17IN6/c1-3-6-17-14-12(16)8-18-15(20-14)19-11-4-5-13-10(7-11)9-22(2)21-13/h4-5,7-9H,3,6H2,1-2H3,(H2,17,18,19,20). The Balaban J connectivity index is 1.84. The van der Waals surface area contributed by atoms with Crippen molar-refractivity contribution in [2.45, 2.75) is 13.3 Å². The van der Waals surface area contributed by atoms with Crippen LogP contribution in [0.3, 0.4) is 0 Å². The minimum Gasteiger partial charge on any atom is -0.369 e. The highest BCUT2D eigenvalue weighted by atomic mass is 127. The predicted molar refractivity (Wildman–Crippen MR) is 97.5 cm³/mol. The van der Waals surface area contributed by atoms with Crippen LogP contribution < -0.4 is 10.6 Å². The van der Waals surface area contributed by atoms with Crippen molar-refractivity contribution < 1.29 is 0 Å². The van der Waals surface area contributed by atoms with Gasteiger partial charge in [-0.2, -0.15) is 10.1 Å². The van der Waals surface area contributed by atoms with Gasteiger partial charge in [0.05, 0.1) is 9.09 Å². The molecule has 2 N–H and O–H groups in total. The quantitative estimate of drug-likeness (QED) is 0.633. The van der Waals surface area contributed by atoms with E-state index in [1.54, 1.807) is 0 Å². The zero-order valence-electron chi connectivity index (χ0n) is 12.5. The van der Waals surface area contributed by atoms with E-state index in [1.165, 1.54) is 0 Å². The van der Waals surface area contributed by atoms with Crippen LogP contribution in [0.4, 0.5) is 17.5 Å². The van der Waals surface area contributed by atoms with Crippen LogP contribution in [0, 0.1) is 3.57 Å². The van der Waals surface area contributed by atoms with Gasteiger partial charge in [-0.15, -0.1) is 0 Å². The van der Waals surface area contributed by atoms with Gasteiger partial charge in [0.2, 0.25) is 5.95 Å². The van der Waals surface area contributed by atoms with Gasteiger partial charge in [-0.25, -0.2) is 4.98 Å². The van der Waals surface area contributed by atoms with Gasteiger partial charge >= 0.3 is 0 Å². The zero-order chi connectivity index (χ0) is 15.5. The maximum Gasteiger partial charge on any atom is 0.229 e. The van der Waals surface area contributed by atoms with Crippen molar-refractivity contribution in [1.29, 1.82) is 0 Å². The fourth-order valence-electron chi connectivity index (χ4n) is 2.15. The maximum absolute atomic E-state index is 4.53. The average molecular weight is 408 g/mol. The predicted octanol–water partition coefficient (Wildman–Crippen LogP) is 3.53. The highest BCUT2D eigenvalue weighted by molar-refractivity contribution is 14.1.